The molecule has 1 unspecified atom stereocenters. The topological polar surface area (TPSA) is 17.1 Å². The molecule has 1 aliphatic carbocycles. The highest BCUT2D eigenvalue weighted by Gasteiger charge is 2.29. The van der Waals surface area contributed by atoms with Crippen molar-refractivity contribution in [3.05, 3.63) is 34.9 Å². The number of hydrogen-bond acceptors (Lipinski definition) is 1. The number of carbonyl (C=O) groups excluding carboxylic acids is 1. The molecule has 1 nitrogen and oxygen atoms in total. The summed E-state index contributed by atoms with van der Waals surface area (Å²) in [7, 11) is 0. The fraction of sp³-hybridized carbons (Fsp3) is 0.533. The molecule has 0 saturated heterocycles. The van der Waals surface area contributed by atoms with E-state index in [1.807, 2.05) is 26.8 Å². The fourth-order valence-corrected chi connectivity index (χ4v) is 2.45. The normalized spacial score (nSPS) is 17.8. The lowest BCUT2D eigenvalue weighted by Crippen LogP contribution is -1.94. The lowest BCUT2D eigenvalue weighted by molar-refractivity contribution is 0.0987. The molecule has 88 valence electrons. The predicted molar refractivity (Wildman–Crippen MR) is 69.1 cm³/mol. The molecule has 0 fully saturated rings. The van der Waals surface area contributed by atoms with Crippen LogP contribution in [0.4, 0.5) is 0 Å². The lowest BCUT2D eigenvalue weighted by Gasteiger charge is -2.08. The van der Waals surface area contributed by atoms with E-state index >= 15 is 0 Å². The molecule has 0 aliphatic heterocycles. The molecule has 16 heavy (non-hydrogen) atoms. The van der Waals surface area contributed by atoms with Gasteiger partial charge in [0, 0.05) is 12.0 Å². The first-order valence-electron chi connectivity index (χ1n) is 6.36. The fourth-order valence-electron chi connectivity index (χ4n) is 2.45. The first-order valence-corrected chi connectivity index (χ1v) is 6.36. The van der Waals surface area contributed by atoms with Gasteiger partial charge in [0.15, 0.2) is 5.78 Å². The number of ketones is 1. The van der Waals surface area contributed by atoms with Gasteiger partial charge in [0.05, 0.1) is 0 Å². The zero-order chi connectivity index (χ0) is 12.1. The van der Waals surface area contributed by atoms with E-state index in [1.54, 1.807) is 0 Å². The molecular weight excluding hydrogens is 196 g/mol. The van der Waals surface area contributed by atoms with Gasteiger partial charge in [0.1, 0.15) is 0 Å². The third-order valence-electron chi connectivity index (χ3n) is 3.09. The van der Waals surface area contributed by atoms with E-state index in [2.05, 4.69) is 19.1 Å². The van der Waals surface area contributed by atoms with Crippen molar-refractivity contribution in [2.45, 2.75) is 52.9 Å². The summed E-state index contributed by atoms with van der Waals surface area (Å²) >= 11 is 0. The van der Waals surface area contributed by atoms with Crippen molar-refractivity contribution in [2.75, 3.05) is 0 Å². The first kappa shape index (κ1) is 13.0. The van der Waals surface area contributed by atoms with Gasteiger partial charge >= 0.3 is 0 Å². The number of benzene rings is 1. The van der Waals surface area contributed by atoms with Crippen LogP contribution < -0.4 is 0 Å². The lowest BCUT2D eigenvalue weighted by atomic mass is 9.95. The van der Waals surface area contributed by atoms with Crippen molar-refractivity contribution in [1.29, 1.82) is 0 Å². The maximum Gasteiger partial charge on any atom is 0.164 e. The number of rotatable bonds is 2. The number of carbonyl (C=O) groups is 1. The second kappa shape index (κ2) is 5.83. The Labute approximate surface area is 98.9 Å². The van der Waals surface area contributed by atoms with Crippen LogP contribution in [-0.2, 0) is 0 Å². The minimum Gasteiger partial charge on any atom is -0.294 e. The second-order valence-electron chi connectivity index (χ2n) is 4.15. The Bertz CT molecular complexity index is 366. The van der Waals surface area contributed by atoms with Crippen LogP contribution in [0, 0.1) is 6.92 Å². The Morgan fingerprint density at radius 3 is 2.62 bits per heavy atom. The van der Waals surface area contributed by atoms with E-state index in [-0.39, 0.29) is 0 Å². The van der Waals surface area contributed by atoms with E-state index in [9.17, 15) is 4.79 Å². The van der Waals surface area contributed by atoms with Crippen LogP contribution in [0.15, 0.2) is 18.2 Å². The monoisotopic (exact) mass is 218 g/mol. The molecule has 0 amide bonds. The summed E-state index contributed by atoms with van der Waals surface area (Å²) in [5.74, 6) is 0.832. The molecule has 0 heterocycles. The smallest absolute Gasteiger partial charge is 0.164 e. The van der Waals surface area contributed by atoms with Crippen LogP contribution in [0.3, 0.4) is 0 Å². The third kappa shape index (κ3) is 2.34. The molecule has 0 N–H and O–H groups in total. The van der Waals surface area contributed by atoms with Crippen LogP contribution in [-0.4, -0.2) is 5.78 Å². The van der Waals surface area contributed by atoms with Crippen LogP contribution in [0.1, 0.15) is 67.4 Å². The van der Waals surface area contributed by atoms with Gasteiger partial charge in [-0.25, -0.2) is 0 Å². The zero-order valence-corrected chi connectivity index (χ0v) is 10.8. The van der Waals surface area contributed by atoms with Crippen molar-refractivity contribution in [1.82, 2.24) is 0 Å². The highest BCUT2D eigenvalue weighted by molar-refractivity contribution is 6.02. The molecule has 0 aromatic heterocycles. The first-order chi connectivity index (χ1) is 7.74. The van der Waals surface area contributed by atoms with Gasteiger partial charge in [-0.05, 0) is 30.4 Å². The van der Waals surface area contributed by atoms with Crippen LogP contribution in [0.5, 0.6) is 0 Å². The summed E-state index contributed by atoms with van der Waals surface area (Å²) in [6.45, 7) is 8.21. The van der Waals surface area contributed by atoms with E-state index in [1.165, 1.54) is 5.56 Å². The molecular formula is C15H22O. The highest BCUT2D eigenvalue weighted by atomic mass is 16.1. The number of hydrogen-bond donors (Lipinski definition) is 0. The quantitative estimate of drug-likeness (QED) is 0.714. The number of Topliss-reactive ketones (excluding diaryl/α,β-unsaturated/α-hetero) is 1. The average Bonchev–Trinajstić information content (AvgIpc) is 2.61. The van der Waals surface area contributed by atoms with Crippen molar-refractivity contribution in [2.24, 2.45) is 0 Å². The molecule has 1 heteroatoms. The molecule has 1 aromatic carbocycles. The Balaban J connectivity index is 0.000000606. The van der Waals surface area contributed by atoms with E-state index in [0.717, 1.165) is 30.4 Å². The largest absolute Gasteiger partial charge is 0.294 e. The molecule has 0 saturated carbocycles. The van der Waals surface area contributed by atoms with Gasteiger partial charge in [0.25, 0.3) is 0 Å². The van der Waals surface area contributed by atoms with Gasteiger partial charge < -0.3 is 0 Å². The maximum atomic E-state index is 11.8. The summed E-state index contributed by atoms with van der Waals surface area (Å²) in [6.07, 6.45) is 3.03. The number of aryl methyl sites for hydroxylation is 1. The molecule has 1 aliphatic rings. The van der Waals surface area contributed by atoms with Crippen LogP contribution in [0.2, 0.25) is 0 Å². The Kier molecular flexibility index (Phi) is 4.72. The zero-order valence-electron chi connectivity index (χ0n) is 10.8. The predicted octanol–water partition coefficient (Wildman–Crippen LogP) is 4.49. The number of fused-ring (bicyclic) bond motifs is 1. The maximum absolute atomic E-state index is 11.8. The SMILES string of the molecule is CC.CCCC1CC(=O)c2c(C)cccc21. The summed E-state index contributed by atoms with van der Waals surface area (Å²) in [4.78, 5) is 11.8. The molecule has 0 radical (unpaired) electrons. The molecule has 1 atom stereocenters. The third-order valence-corrected chi connectivity index (χ3v) is 3.09. The summed E-state index contributed by atoms with van der Waals surface area (Å²) in [5, 5.41) is 0. The van der Waals surface area contributed by atoms with Crippen LogP contribution in [0.25, 0.3) is 0 Å². The Morgan fingerprint density at radius 1 is 1.31 bits per heavy atom. The van der Waals surface area contributed by atoms with Crippen molar-refractivity contribution in [3.63, 3.8) is 0 Å². The van der Waals surface area contributed by atoms with E-state index in [4.69, 9.17) is 0 Å². The Morgan fingerprint density at radius 2 is 2.00 bits per heavy atom. The second-order valence-corrected chi connectivity index (χ2v) is 4.15. The van der Waals surface area contributed by atoms with E-state index in [0.29, 0.717) is 11.7 Å². The van der Waals surface area contributed by atoms with Crippen molar-refractivity contribution >= 4 is 5.78 Å². The van der Waals surface area contributed by atoms with E-state index < -0.39 is 0 Å². The van der Waals surface area contributed by atoms with Crippen molar-refractivity contribution in [3.8, 4) is 0 Å². The van der Waals surface area contributed by atoms with Gasteiger partial charge in [-0.15, -0.1) is 0 Å². The van der Waals surface area contributed by atoms with Gasteiger partial charge in [-0.3, -0.25) is 4.79 Å². The average molecular weight is 218 g/mol. The van der Waals surface area contributed by atoms with Gasteiger partial charge in [0.2, 0.25) is 0 Å². The molecule has 1 aromatic rings. The van der Waals surface area contributed by atoms with Gasteiger partial charge in [-0.1, -0.05) is 45.4 Å². The Hall–Kier alpha value is -1.11. The summed E-state index contributed by atoms with van der Waals surface area (Å²) < 4.78 is 0. The van der Waals surface area contributed by atoms with Gasteiger partial charge in [-0.2, -0.15) is 0 Å². The van der Waals surface area contributed by atoms with Crippen LogP contribution >= 0.6 is 0 Å². The van der Waals surface area contributed by atoms with Crippen molar-refractivity contribution < 1.29 is 4.79 Å². The molecule has 0 bridgehead atoms. The minimum absolute atomic E-state index is 0.344. The molecule has 2 rings (SSSR count). The molecule has 0 spiro atoms. The minimum atomic E-state index is 0.344. The summed E-state index contributed by atoms with van der Waals surface area (Å²) in [5.41, 5.74) is 3.44. The standard InChI is InChI=1S/C13H16O.C2H6/c1-3-5-10-8-12(14)13-9(2)6-4-7-11(10)13;1-2/h4,6-7,10H,3,5,8H2,1-2H3;1-2H3. The summed E-state index contributed by atoms with van der Waals surface area (Å²) in [6, 6.07) is 6.22. The highest BCUT2D eigenvalue weighted by Crippen LogP contribution is 2.37.